The van der Waals surface area contributed by atoms with Crippen molar-refractivity contribution in [3.63, 3.8) is 0 Å². The van der Waals surface area contributed by atoms with Gasteiger partial charge in [-0.15, -0.1) is 11.8 Å². The van der Waals surface area contributed by atoms with Gasteiger partial charge in [0.05, 0.1) is 17.6 Å². The summed E-state index contributed by atoms with van der Waals surface area (Å²) in [6, 6.07) is 0. The molecule has 1 aliphatic rings. The van der Waals surface area contributed by atoms with Crippen molar-refractivity contribution >= 4 is 23.5 Å². The van der Waals surface area contributed by atoms with Gasteiger partial charge in [0.1, 0.15) is 5.78 Å². The molecule has 0 bridgehead atoms. The molecule has 0 aromatic heterocycles. The number of Topliss-reactive ketones (excluding diaryl/α,β-unsaturated/α-hetero) is 1. The molecule has 0 amide bonds. The van der Waals surface area contributed by atoms with Gasteiger partial charge < -0.3 is 4.74 Å². The summed E-state index contributed by atoms with van der Waals surface area (Å²) in [5.41, 5.74) is 0. The first-order valence-electron chi connectivity index (χ1n) is 5.04. The predicted molar refractivity (Wildman–Crippen MR) is 56.4 cm³/mol. The molecule has 80 valence electrons. The highest BCUT2D eigenvalue weighted by molar-refractivity contribution is 8.01. The van der Waals surface area contributed by atoms with Crippen LogP contribution in [0.4, 0.5) is 0 Å². The number of ether oxygens (including phenoxy) is 1. The molecular weight excluding hydrogens is 200 g/mol. The SMILES string of the molecule is CCOC(=O)CSC1CCCCC1=O. The Bertz CT molecular complexity index is 215. The average molecular weight is 216 g/mol. The lowest BCUT2D eigenvalue weighted by Crippen LogP contribution is -2.23. The van der Waals surface area contributed by atoms with Crippen molar-refractivity contribution in [1.82, 2.24) is 0 Å². The molecule has 1 saturated carbocycles. The molecule has 1 unspecified atom stereocenters. The van der Waals surface area contributed by atoms with Crippen molar-refractivity contribution in [2.45, 2.75) is 37.9 Å². The van der Waals surface area contributed by atoms with E-state index in [4.69, 9.17) is 4.74 Å². The Morgan fingerprint density at radius 3 is 3.00 bits per heavy atom. The Labute approximate surface area is 88.6 Å². The van der Waals surface area contributed by atoms with Crippen LogP contribution < -0.4 is 0 Å². The summed E-state index contributed by atoms with van der Waals surface area (Å²) < 4.78 is 4.80. The molecule has 0 aromatic rings. The molecule has 0 spiro atoms. The lowest BCUT2D eigenvalue weighted by molar-refractivity contribution is -0.139. The van der Waals surface area contributed by atoms with Gasteiger partial charge in [0.25, 0.3) is 0 Å². The van der Waals surface area contributed by atoms with Crippen molar-refractivity contribution < 1.29 is 14.3 Å². The van der Waals surface area contributed by atoms with E-state index < -0.39 is 0 Å². The fourth-order valence-electron chi connectivity index (χ4n) is 1.50. The second kappa shape index (κ2) is 6.06. The third-order valence-corrected chi connectivity index (χ3v) is 3.51. The number of hydrogen-bond acceptors (Lipinski definition) is 4. The van der Waals surface area contributed by atoms with E-state index in [1.54, 1.807) is 6.92 Å². The average Bonchev–Trinajstić information content (AvgIpc) is 2.17. The van der Waals surface area contributed by atoms with Gasteiger partial charge in [0.15, 0.2) is 0 Å². The molecule has 3 nitrogen and oxygen atoms in total. The Kier molecular flexibility index (Phi) is 5.01. The molecule has 1 atom stereocenters. The largest absolute Gasteiger partial charge is 0.465 e. The van der Waals surface area contributed by atoms with E-state index >= 15 is 0 Å². The number of thioether (sulfide) groups is 1. The topological polar surface area (TPSA) is 43.4 Å². The Balaban J connectivity index is 2.22. The van der Waals surface area contributed by atoms with Crippen LogP contribution in [0.3, 0.4) is 0 Å². The Hall–Kier alpha value is -0.510. The number of rotatable bonds is 4. The third-order valence-electron chi connectivity index (χ3n) is 2.21. The number of hydrogen-bond donors (Lipinski definition) is 0. The van der Waals surface area contributed by atoms with E-state index in [0.29, 0.717) is 24.6 Å². The van der Waals surface area contributed by atoms with E-state index in [-0.39, 0.29) is 11.2 Å². The summed E-state index contributed by atoms with van der Waals surface area (Å²) in [5.74, 6) is 0.394. The van der Waals surface area contributed by atoms with E-state index in [2.05, 4.69) is 0 Å². The second-order valence-corrected chi connectivity index (χ2v) is 4.51. The van der Waals surface area contributed by atoms with Crippen molar-refractivity contribution in [2.75, 3.05) is 12.4 Å². The van der Waals surface area contributed by atoms with E-state index in [1.165, 1.54) is 11.8 Å². The summed E-state index contributed by atoms with van der Waals surface area (Å²) in [7, 11) is 0. The van der Waals surface area contributed by atoms with Gasteiger partial charge >= 0.3 is 5.97 Å². The maximum absolute atomic E-state index is 11.4. The predicted octanol–water partition coefficient (Wildman–Crippen LogP) is 1.79. The number of ketones is 1. The fraction of sp³-hybridized carbons (Fsp3) is 0.800. The van der Waals surface area contributed by atoms with Crippen LogP contribution in [-0.2, 0) is 14.3 Å². The highest BCUT2D eigenvalue weighted by Crippen LogP contribution is 2.25. The van der Waals surface area contributed by atoms with Gasteiger partial charge in [-0.25, -0.2) is 0 Å². The van der Waals surface area contributed by atoms with Crippen molar-refractivity contribution in [3.05, 3.63) is 0 Å². The van der Waals surface area contributed by atoms with E-state index in [1.807, 2.05) is 0 Å². The normalized spacial score (nSPS) is 22.1. The zero-order valence-electron chi connectivity index (χ0n) is 8.45. The van der Waals surface area contributed by atoms with Crippen LogP contribution in [0.15, 0.2) is 0 Å². The second-order valence-electron chi connectivity index (χ2n) is 3.32. The van der Waals surface area contributed by atoms with Gasteiger partial charge in [0.2, 0.25) is 0 Å². The van der Waals surface area contributed by atoms with Crippen LogP contribution >= 0.6 is 11.8 Å². The third kappa shape index (κ3) is 3.70. The first-order valence-corrected chi connectivity index (χ1v) is 6.09. The summed E-state index contributed by atoms with van der Waals surface area (Å²) in [6.45, 7) is 2.20. The minimum absolute atomic E-state index is 0.0353. The van der Waals surface area contributed by atoms with Gasteiger partial charge in [-0.3, -0.25) is 9.59 Å². The molecule has 1 fully saturated rings. The van der Waals surface area contributed by atoms with Crippen LogP contribution in [0, 0.1) is 0 Å². The highest BCUT2D eigenvalue weighted by Gasteiger charge is 2.23. The lowest BCUT2D eigenvalue weighted by atomic mass is 9.99. The number of carbonyl (C=O) groups is 2. The first-order chi connectivity index (χ1) is 6.74. The first kappa shape index (κ1) is 11.6. The van der Waals surface area contributed by atoms with Crippen LogP contribution in [0.25, 0.3) is 0 Å². The molecule has 0 aromatic carbocycles. The van der Waals surface area contributed by atoms with Gasteiger partial charge in [-0.05, 0) is 19.8 Å². The smallest absolute Gasteiger partial charge is 0.315 e. The van der Waals surface area contributed by atoms with Crippen molar-refractivity contribution in [2.24, 2.45) is 0 Å². The molecule has 1 aliphatic carbocycles. The highest BCUT2D eigenvalue weighted by atomic mass is 32.2. The van der Waals surface area contributed by atoms with Crippen LogP contribution in [0.1, 0.15) is 32.6 Å². The van der Waals surface area contributed by atoms with Crippen LogP contribution in [0.2, 0.25) is 0 Å². The Morgan fingerprint density at radius 1 is 1.57 bits per heavy atom. The van der Waals surface area contributed by atoms with Crippen molar-refractivity contribution in [3.8, 4) is 0 Å². The lowest BCUT2D eigenvalue weighted by Gasteiger charge is -2.19. The zero-order valence-corrected chi connectivity index (χ0v) is 9.27. The maximum Gasteiger partial charge on any atom is 0.315 e. The molecular formula is C10H16O3S. The number of esters is 1. The monoisotopic (exact) mass is 216 g/mol. The van der Waals surface area contributed by atoms with E-state index in [9.17, 15) is 9.59 Å². The quantitative estimate of drug-likeness (QED) is 0.672. The molecule has 0 radical (unpaired) electrons. The van der Waals surface area contributed by atoms with Crippen molar-refractivity contribution in [1.29, 1.82) is 0 Å². The fourth-order valence-corrected chi connectivity index (χ4v) is 2.56. The molecule has 0 N–H and O–H groups in total. The van der Waals surface area contributed by atoms with E-state index in [0.717, 1.165) is 19.3 Å². The number of carbonyl (C=O) groups excluding carboxylic acids is 2. The van der Waals surface area contributed by atoms with Gasteiger partial charge in [-0.2, -0.15) is 0 Å². The Morgan fingerprint density at radius 2 is 2.36 bits per heavy atom. The summed E-state index contributed by atoms with van der Waals surface area (Å²) in [4.78, 5) is 22.4. The molecule has 14 heavy (non-hydrogen) atoms. The molecule has 4 heteroatoms. The molecule has 0 heterocycles. The standard InChI is InChI=1S/C10H16O3S/c1-2-13-10(12)7-14-9-6-4-3-5-8(9)11/h9H,2-7H2,1H3. The molecule has 0 saturated heterocycles. The minimum atomic E-state index is -0.212. The molecule has 0 aliphatic heterocycles. The van der Waals surface area contributed by atoms with Crippen LogP contribution in [-0.4, -0.2) is 29.4 Å². The summed E-state index contributed by atoms with van der Waals surface area (Å²) >= 11 is 1.43. The summed E-state index contributed by atoms with van der Waals surface area (Å²) in [6.07, 6.45) is 3.71. The maximum atomic E-state index is 11.4. The van der Waals surface area contributed by atoms with Gasteiger partial charge in [0, 0.05) is 6.42 Å². The zero-order chi connectivity index (χ0) is 10.4. The molecule has 1 rings (SSSR count). The van der Waals surface area contributed by atoms with Crippen LogP contribution in [0.5, 0.6) is 0 Å². The summed E-state index contributed by atoms with van der Waals surface area (Å²) in [5, 5.41) is 0.0353. The van der Waals surface area contributed by atoms with Gasteiger partial charge in [-0.1, -0.05) is 6.42 Å². The minimum Gasteiger partial charge on any atom is -0.465 e.